The van der Waals surface area contributed by atoms with Gasteiger partial charge in [0.2, 0.25) is 0 Å². The van der Waals surface area contributed by atoms with Crippen molar-refractivity contribution in [2.45, 2.75) is 0 Å². The van der Waals surface area contributed by atoms with Crippen LogP contribution in [0.2, 0.25) is 5.15 Å². The van der Waals surface area contributed by atoms with Crippen LogP contribution < -0.4 is 5.32 Å². The van der Waals surface area contributed by atoms with Gasteiger partial charge in [-0.2, -0.15) is 0 Å². The lowest BCUT2D eigenvalue weighted by Gasteiger charge is -2.02. The molecular weight excluding hydrogens is 216 g/mol. The molecule has 0 aliphatic rings. The van der Waals surface area contributed by atoms with E-state index < -0.39 is 0 Å². The van der Waals surface area contributed by atoms with E-state index in [1.54, 1.807) is 24.3 Å². The Labute approximate surface area is 90.9 Å². The van der Waals surface area contributed by atoms with Gasteiger partial charge in [0.05, 0.1) is 6.26 Å². The van der Waals surface area contributed by atoms with Gasteiger partial charge in [0.25, 0.3) is 5.91 Å². The molecule has 2 aromatic heterocycles. The number of rotatable bonds is 2. The van der Waals surface area contributed by atoms with Crippen molar-refractivity contribution in [1.29, 1.82) is 0 Å². The molecule has 2 heterocycles. The molecule has 1 N–H and O–H groups in total. The van der Waals surface area contributed by atoms with Gasteiger partial charge in [0, 0.05) is 11.9 Å². The first kappa shape index (κ1) is 9.73. The van der Waals surface area contributed by atoms with Crippen LogP contribution in [-0.2, 0) is 0 Å². The van der Waals surface area contributed by atoms with E-state index >= 15 is 0 Å². The highest BCUT2D eigenvalue weighted by Gasteiger charge is 2.08. The molecule has 0 spiro atoms. The summed E-state index contributed by atoms with van der Waals surface area (Å²) >= 11 is 5.67. The number of nitrogens with one attached hydrogen (secondary N) is 1. The van der Waals surface area contributed by atoms with Crippen LogP contribution in [0, 0.1) is 0 Å². The number of halogens is 1. The number of carbonyl (C=O) groups excluding carboxylic acids is 1. The van der Waals surface area contributed by atoms with Gasteiger partial charge in [-0.1, -0.05) is 11.6 Å². The highest BCUT2D eigenvalue weighted by molar-refractivity contribution is 6.29. The molecule has 1 amide bonds. The maximum Gasteiger partial charge on any atom is 0.291 e. The molecule has 76 valence electrons. The number of carbonyl (C=O) groups is 1. The molecular formula is C10H7ClN2O2. The van der Waals surface area contributed by atoms with Crippen molar-refractivity contribution >= 4 is 23.2 Å². The van der Waals surface area contributed by atoms with Gasteiger partial charge < -0.3 is 9.73 Å². The molecule has 0 aliphatic heterocycles. The second kappa shape index (κ2) is 4.14. The van der Waals surface area contributed by atoms with Crippen molar-refractivity contribution in [1.82, 2.24) is 4.98 Å². The number of pyridine rings is 1. The molecule has 0 fully saturated rings. The average Bonchev–Trinajstić information content (AvgIpc) is 2.70. The molecule has 0 atom stereocenters. The first-order valence-corrected chi connectivity index (χ1v) is 4.60. The number of furan rings is 1. The van der Waals surface area contributed by atoms with E-state index in [0.29, 0.717) is 10.8 Å². The molecule has 4 nitrogen and oxygen atoms in total. The highest BCUT2D eigenvalue weighted by Crippen LogP contribution is 2.13. The second-order valence-corrected chi connectivity index (χ2v) is 3.19. The third-order valence-corrected chi connectivity index (χ3v) is 1.94. The molecule has 15 heavy (non-hydrogen) atoms. The summed E-state index contributed by atoms with van der Waals surface area (Å²) in [6.07, 6.45) is 2.95. The maximum atomic E-state index is 11.5. The third kappa shape index (κ3) is 2.35. The standard InChI is InChI=1S/C10H7ClN2O2/c11-9-6-7(3-4-12-9)13-10(14)8-2-1-5-15-8/h1-6H,(H,12,13,14). The molecule has 5 heteroatoms. The first-order chi connectivity index (χ1) is 7.25. The number of hydrogen-bond acceptors (Lipinski definition) is 3. The third-order valence-electron chi connectivity index (χ3n) is 1.73. The number of nitrogens with zero attached hydrogens (tertiary/aromatic N) is 1. The van der Waals surface area contributed by atoms with E-state index in [-0.39, 0.29) is 11.7 Å². The monoisotopic (exact) mass is 222 g/mol. The van der Waals surface area contributed by atoms with E-state index in [4.69, 9.17) is 16.0 Å². The van der Waals surface area contributed by atoms with E-state index in [2.05, 4.69) is 10.3 Å². The van der Waals surface area contributed by atoms with Crippen LogP contribution in [-0.4, -0.2) is 10.9 Å². The van der Waals surface area contributed by atoms with E-state index in [1.165, 1.54) is 12.5 Å². The summed E-state index contributed by atoms with van der Waals surface area (Å²) in [4.78, 5) is 15.3. The van der Waals surface area contributed by atoms with Crippen LogP contribution >= 0.6 is 11.6 Å². The summed E-state index contributed by atoms with van der Waals surface area (Å²) in [5.41, 5.74) is 0.580. The number of anilines is 1. The fourth-order valence-corrected chi connectivity index (χ4v) is 1.25. The smallest absolute Gasteiger partial charge is 0.291 e. The van der Waals surface area contributed by atoms with Crippen molar-refractivity contribution in [2.75, 3.05) is 5.32 Å². The van der Waals surface area contributed by atoms with Crippen LogP contribution in [0.1, 0.15) is 10.6 Å². The molecule has 0 saturated carbocycles. The van der Waals surface area contributed by atoms with Gasteiger partial charge in [-0.05, 0) is 24.3 Å². The Hall–Kier alpha value is -1.81. The molecule has 0 bridgehead atoms. The highest BCUT2D eigenvalue weighted by atomic mass is 35.5. The maximum absolute atomic E-state index is 11.5. The van der Waals surface area contributed by atoms with Gasteiger partial charge >= 0.3 is 0 Å². The lowest BCUT2D eigenvalue weighted by atomic mass is 10.3. The van der Waals surface area contributed by atoms with Crippen LogP contribution in [0.5, 0.6) is 0 Å². The Morgan fingerprint density at radius 1 is 1.47 bits per heavy atom. The van der Waals surface area contributed by atoms with Gasteiger partial charge in [0.15, 0.2) is 5.76 Å². The largest absolute Gasteiger partial charge is 0.459 e. The average molecular weight is 223 g/mol. The predicted molar refractivity (Wildman–Crippen MR) is 55.9 cm³/mol. The van der Waals surface area contributed by atoms with Crippen molar-refractivity contribution in [3.8, 4) is 0 Å². The van der Waals surface area contributed by atoms with Crippen molar-refractivity contribution < 1.29 is 9.21 Å². The lowest BCUT2D eigenvalue weighted by molar-refractivity contribution is 0.0996. The zero-order valence-corrected chi connectivity index (χ0v) is 8.36. The Morgan fingerprint density at radius 2 is 2.33 bits per heavy atom. The normalized spacial score (nSPS) is 9.93. The molecule has 2 rings (SSSR count). The minimum absolute atomic E-state index is 0.253. The summed E-state index contributed by atoms with van der Waals surface area (Å²) in [5.74, 6) is -0.0646. The van der Waals surface area contributed by atoms with Gasteiger partial charge in [-0.15, -0.1) is 0 Å². The minimum Gasteiger partial charge on any atom is -0.459 e. The molecule has 0 aromatic carbocycles. The Balaban J connectivity index is 2.13. The molecule has 0 unspecified atom stereocenters. The quantitative estimate of drug-likeness (QED) is 0.795. The summed E-state index contributed by atoms with van der Waals surface area (Å²) in [7, 11) is 0. The number of hydrogen-bond donors (Lipinski definition) is 1. The summed E-state index contributed by atoms with van der Waals surface area (Å²) in [6.45, 7) is 0. The van der Waals surface area contributed by atoms with Crippen molar-refractivity contribution in [3.63, 3.8) is 0 Å². The van der Waals surface area contributed by atoms with E-state index in [0.717, 1.165) is 0 Å². The van der Waals surface area contributed by atoms with Crippen LogP contribution in [0.25, 0.3) is 0 Å². The first-order valence-electron chi connectivity index (χ1n) is 4.22. The van der Waals surface area contributed by atoms with Crippen LogP contribution in [0.15, 0.2) is 41.1 Å². The van der Waals surface area contributed by atoms with Crippen molar-refractivity contribution in [3.05, 3.63) is 47.6 Å². The molecule has 0 aliphatic carbocycles. The SMILES string of the molecule is O=C(Nc1ccnc(Cl)c1)c1ccco1. The van der Waals surface area contributed by atoms with Gasteiger partial charge in [-0.3, -0.25) is 4.79 Å². The molecule has 0 saturated heterocycles. The zero-order valence-electron chi connectivity index (χ0n) is 7.61. The summed E-state index contributed by atoms with van der Waals surface area (Å²) < 4.78 is 4.94. The summed E-state index contributed by atoms with van der Waals surface area (Å²) in [5, 5.41) is 2.95. The minimum atomic E-state index is -0.317. The van der Waals surface area contributed by atoms with E-state index in [9.17, 15) is 4.79 Å². The zero-order chi connectivity index (χ0) is 10.7. The fourth-order valence-electron chi connectivity index (χ4n) is 1.08. The Kier molecular flexibility index (Phi) is 2.69. The molecule has 0 radical (unpaired) electrons. The van der Waals surface area contributed by atoms with E-state index in [1.807, 2.05) is 0 Å². The number of amides is 1. The molecule has 2 aromatic rings. The number of aromatic nitrogens is 1. The fraction of sp³-hybridized carbons (Fsp3) is 0. The van der Waals surface area contributed by atoms with Crippen molar-refractivity contribution in [2.24, 2.45) is 0 Å². The predicted octanol–water partition coefficient (Wildman–Crippen LogP) is 2.58. The second-order valence-electron chi connectivity index (χ2n) is 2.80. The van der Waals surface area contributed by atoms with Crippen LogP contribution in [0.4, 0.5) is 5.69 Å². The Bertz CT molecular complexity index is 468. The van der Waals surface area contributed by atoms with Gasteiger partial charge in [-0.25, -0.2) is 4.98 Å². The summed E-state index contributed by atoms with van der Waals surface area (Å²) in [6, 6.07) is 6.43. The van der Waals surface area contributed by atoms with Gasteiger partial charge in [0.1, 0.15) is 5.15 Å². The van der Waals surface area contributed by atoms with Crippen LogP contribution in [0.3, 0.4) is 0 Å². The lowest BCUT2D eigenvalue weighted by Crippen LogP contribution is -2.10. The topological polar surface area (TPSA) is 55.1 Å². The Morgan fingerprint density at radius 3 is 3.00 bits per heavy atom.